The van der Waals surface area contributed by atoms with Crippen LogP contribution >= 0.6 is 0 Å². The van der Waals surface area contributed by atoms with Crippen molar-refractivity contribution in [1.82, 2.24) is 9.78 Å². The number of alkyl halides is 2. The van der Waals surface area contributed by atoms with Crippen LogP contribution in [-0.2, 0) is 6.42 Å². The van der Waals surface area contributed by atoms with Crippen LogP contribution in [0.3, 0.4) is 0 Å². The minimum Gasteiger partial charge on any atom is -0.211 e. The van der Waals surface area contributed by atoms with E-state index < -0.39 is 6.55 Å². The normalized spacial score (nSPS) is 11.0. The Morgan fingerprint density at radius 3 is 2.50 bits per heavy atom. The second-order valence-corrected chi connectivity index (χ2v) is 3.66. The summed E-state index contributed by atoms with van der Waals surface area (Å²) in [6, 6.07) is 9.74. The first-order valence-electron chi connectivity index (χ1n) is 5.03. The van der Waals surface area contributed by atoms with E-state index in [1.807, 2.05) is 30.3 Å². The third-order valence-electron chi connectivity index (χ3n) is 2.46. The third-order valence-corrected chi connectivity index (χ3v) is 2.46. The summed E-state index contributed by atoms with van der Waals surface area (Å²) < 4.78 is 25.5. The van der Waals surface area contributed by atoms with E-state index >= 15 is 0 Å². The highest BCUT2D eigenvalue weighted by Crippen LogP contribution is 2.16. The lowest BCUT2D eigenvalue weighted by Gasteiger charge is -1.98. The lowest BCUT2D eigenvalue weighted by Crippen LogP contribution is -1.97. The van der Waals surface area contributed by atoms with Gasteiger partial charge in [-0.3, -0.25) is 0 Å². The van der Waals surface area contributed by atoms with Crippen LogP contribution < -0.4 is 0 Å². The first-order valence-corrected chi connectivity index (χ1v) is 5.03. The minimum absolute atomic E-state index is 0.638. The molecule has 0 saturated carbocycles. The highest BCUT2D eigenvalue weighted by atomic mass is 19.3. The molecule has 0 unspecified atom stereocenters. The van der Waals surface area contributed by atoms with Crippen molar-refractivity contribution in [3.05, 3.63) is 53.3 Å². The van der Waals surface area contributed by atoms with Crippen LogP contribution in [0.2, 0.25) is 0 Å². The summed E-state index contributed by atoms with van der Waals surface area (Å²) in [5, 5.41) is 3.77. The molecule has 1 aromatic carbocycles. The summed E-state index contributed by atoms with van der Waals surface area (Å²) in [5.41, 5.74) is 2.59. The van der Waals surface area contributed by atoms with Crippen molar-refractivity contribution >= 4 is 0 Å². The molecule has 0 atom stereocenters. The zero-order valence-electron chi connectivity index (χ0n) is 8.90. The molecule has 0 amide bonds. The van der Waals surface area contributed by atoms with Gasteiger partial charge in [0.05, 0.1) is 5.69 Å². The fourth-order valence-corrected chi connectivity index (χ4v) is 1.61. The number of hydrogen-bond donors (Lipinski definition) is 0. The predicted molar refractivity (Wildman–Crippen MR) is 57.5 cm³/mol. The Hall–Kier alpha value is -1.71. The van der Waals surface area contributed by atoms with Crippen molar-refractivity contribution in [3.63, 3.8) is 0 Å². The Labute approximate surface area is 92.5 Å². The summed E-state index contributed by atoms with van der Waals surface area (Å²) in [6.07, 6.45) is 2.05. The van der Waals surface area contributed by atoms with Crippen LogP contribution in [0.5, 0.6) is 0 Å². The zero-order chi connectivity index (χ0) is 11.5. The second kappa shape index (κ2) is 4.43. The first-order chi connectivity index (χ1) is 7.66. The van der Waals surface area contributed by atoms with Crippen molar-refractivity contribution in [3.8, 4) is 0 Å². The van der Waals surface area contributed by atoms with Crippen molar-refractivity contribution in [2.45, 2.75) is 19.9 Å². The van der Waals surface area contributed by atoms with Crippen molar-refractivity contribution < 1.29 is 8.78 Å². The summed E-state index contributed by atoms with van der Waals surface area (Å²) in [4.78, 5) is 0. The van der Waals surface area contributed by atoms with E-state index in [4.69, 9.17) is 0 Å². The van der Waals surface area contributed by atoms with Gasteiger partial charge in [0, 0.05) is 12.6 Å². The van der Waals surface area contributed by atoms with Gasteiger partial charge in [-0.1, -0.05) is 30.3 Å². The number of rotatable bonds is 3. The molecule has 2 nitrogen and oxygen atoms in total. The molecular formula is C12H12F2N2. The Kier molecular flexibility index (Phi) is 2.99. The molecule has 0 radical (unpaired) electrons. The SMILES string of the molecule is Cc1nn(C(F)F)cc1Cc1ccccc1. The molecule has 1 aromatic heterocycles. The average molecular weight is 222 g/mol. The number of benzene rings is 1. The van der Waals surface area contributed by atoms with Crippen LogP contribution in [-0.4, -0.2) is 9.78 Å². The van der Waals surface area contributed by atoms with E-state index in [2.05, 4.69) is 5.10 Å². The Balaban J connectivity index is 2.22. The molecule has 0 N–H and O–H groups in total. The standard InChI is InChI=1S/C12H12F2N2/c1-9-11(8-16(15-9)12(13)14)7-10-5-3-2-4-6-10/h2-6,8,12H,7H2,1H3. The molecule has 0 aliphatic carbocycles. The monoisotopic (exact) mass is 222 g/mol. The molecule has 16 heavy (non-hydrogen) atoms. The van der Waals surface area contributed by atoms with Crippen LogP contribution in [0, 0.1) is 6.92 Å². The minimum atomic E-state index is -2.57. The highest BCUT2D eigenvalue weighted by Gasteiger charge is 2.11. The molecule has 0 aliphatic heterocycles. The maximum Gasteiger partial charge on any atom is 0.333 e. The van der Waals surface area contributed by atoms with Gasteiger partial charge in [-0.2, -0.15) is 13.9 Å². The maximum atomic E-state index is 12.4. The Bertz CT molecular complexity index is 463. The van der Waals surface area contributed by atoms with E-state index in [9.17, 15) is 8.78 Å². The van der Waals surface area contributed by atoms with Crippen LogP contribution in [0.25, 0.3) is 0 Å². The first kappa shape index (κ1) is 10.8. The molecule has 0 fully saturated rings. The molecule has 0 spiro atoms. The number of nitrogens with zero attached hydrogens (tertiary/aromatic N) is 2. The second-order valence-electron chi connectivity index (χ2n) is 3.66. The highest BCUT2D eigenvalue weighted by molar-refractivity contribution is 5.26. The quantitative estimate of drug-likeness (QED) is 0.779. The van der Waals surface area contributed by atoms with Gasteiger partial charge in [-0.15, -0.1) is 0 Å². The van der Waals surface area contributed by atoms with E-state index in [1.54, 1.807) is 6.92 Å². The number of hydrogen-bond acceptors (Lipinski definition) is 1. The largest absolute Gasteiger partial charge is 0.333 e. The van der Waals surface area contributed by atoms with Gasteiger partial charge < -0.3 is 0 Å². The van der Waals surface area contributed by atoms with Gasteiger partial charge in [0.25, 0.3) is 0 Å². The molecular weight excluding hydrogens is 210 g/mol. The maximum absolute atomic E-state index is 12.4. The summed E-state index contributed by atoms with van der Waals surface area (Å²) in [5.74, 6) is 0. The molecule has 1 heterocycles. The summed E-state index contributed by atoms with van der Waals surface area (Å²) in [7, 11) is 0. The molecule has 4 heteroatoms. The number of halogens is 2. The lowest BCUT2D eigenvalue weighted by atomic mass is 10.1. The molecule has 84 valence electrons. The third kappa shape index (κ3) is 2.27. The summed E-state index contributed by atoms with van der Waals surface area (Å²) in [6.45, 7) is -0.819. The molecule has 0 saturated heterocycles. The van der Waals surface area contributed by atoms with Crippen molar-refractivity contribution in [2.75, 3.05) is 0 Å². The van der Waals surface area contributed by atoms with E-state index in [1.165, 1.54) is 6.20 Å². The van der Waals surface area contributed by atoms with Gasteiger partial charge in [0.2, 0.25) is 0 Å². The topological polar surface area (TPSA) is 17.8 Å². The van der Waals surface area contributed by atoms with E-state index in [-0.39, 0.29) is 0 Å². The van der Waals surface area contributed by atoms with Crippen LogP contribution in [0.1, 0.15) is 23.4 Å². The van der Waals surface area contributed by atoms with Gasteiger partial charge >= 0.3 is 6.55 Å². The van der Waals surface area contributed by atoms with Crippen molar-refractivity contribution in [2.24, 2.45) is 0 Å². The zero-order valence-corrected chi connectivity index (χ0v) is 8.90. The fraction of sp³-hybridized carbons (Fsp3) is 0.250. The van der Waals surface area contributed by atoms with Crippen LogP contribution in [0.15, 0.2) is 36.5 Å². The van der Waals surface area contributed by atoms with E-state index in [0.717, 1.165) is 11.1 Å². The van der Waals surface area contributed by atoms with Gasteiger partial charge in [0.15, 0.2) is 0 Å². The van der Waals surface area contributed by atoms with Gasteiger partial charge in [0.1, 0.15) is 0 Å². The molecule has 0 aliphatic rings. The van der Waals surface area contributed by atoms with Gasteiger partial charge in [-0.25, -0.2) is 4.68 Å². The smallest absolute Gasteiger partial charge is 0.211 e. The molecule has 2 aromatic rings. The van der Waals surface area contributed by atoms with E-state index in [0.29, 0.717) is 16.8 Å². The number of aryl methyl sites for hydroxylation is 1. The fourth-order valence-electron chi connectivity index (χ4n) is 1.61. The number of aromatic nitrogens is 2. The van der Waals surface area contributed by atoms with Gasteiger partial charge in [-0.05, 0) is 18.1 Å². The molecule has 0 bridgehead atoms. The van der Waals surface area contributed by atoms with Crippen molar-refractivity contribution in [1.29, 1.82) is 0 Å². The summed E-state index contributed by atoms with van der Waals surface area (Å²) >= 11 is 0. The van der Waals surface area contributed by atoms with Crippen LogP contribution in [0.4, 0.5) is 8.78 Å². The lowest BCUT2D eigenvalue weighted by molar-refractivity contribution is 0.0562. The predicted octanol–water partition coefficient (Wildman–Crippen LogP) is 3.18. The Morgan fingerprint density at radius 2 is 1.94 bits per heavy atom. The Morgan fingerprint density at radius 1 is 1.25 bits per heavy atom. The molecule has 2 rings (SSSR count). The average Bonchev–Trinajstić information content (AvgIpc) is 2.62.